The van der Waals surface area contributed by atoms with Gasteiger partial charge in [0.2, 0.25) is 0 Å². The van der Waals surface area contributed by atoms with Gasteiger partial charge in [0.1, 0.15) is 11.6 Å². The molecule has 112 valence electrons. The summed E-state index contributed by atoms with van der Waals surface area (Å²) in [6.45, 7) is 3.50. The van der Waals surface area contributed by atoms with E-state index in [1.807, 2.05) is 6.92 Å². The van der Waals surface area contributed by atoms with E-state index in [2.05, 4.69) is 20.6 Å². The van der Waals surface area contributed by atoms with Crippen LogP contribution in [0.5, 0.6) is 0 Å². The Bertz CT molecular complexity index is 901. The van der Waals surface area contributed by atoms with Crippen molar-refractivity contribution >= 4 is 33.3 Å². The standard InChI is InChI=1S/C14H13N5O2S/c1-8-7-15-14(22-8)16-12(20)9(2)19-13(21)10-5-3-4-6-11(10)17-18-19/h3-7,9H,1-2H3,(H,15,16,20)/t9-/m1/s1. The molecule has 0 saturated heterocycles. The Hall–Kier alpha value is -2.61. The number of aromatic nitrogens is 4. The van der Waals surface area contributed by atoms with Gasteiger partial charge in [0.25, 0.3) is 11.5 Å². The van der Waals surface area contributed by atoms with Crippen LogP contribution in [0.4, 0.5) is 5.13 Å². The topological polar surface area (TPSA) is 89.8 Å². The third-order valence-electron chi connectivity index (χ3n) is 3.19. The van der Waals surface area contributed by atoms with E-state index in [-0.39, 0.29) is 11.5 Å². The van der Waals surface area contributed by atoms with Crippen LogP contribution in [-0.2, 0) is 4.79 Å². The number of hydrogen-bond donors (Lipinski definition) is 1. The number of carbonyl (C=O) groups is 1. The second-order valence-electron chi connectivity index (χ2n) is 4.80. The summed E-state index contributed by atoms with van der Waals surface area (Å²) in [6, 6.07) is 6.11. The molecule has 3 aromatic rings. The number of thiazole rings is 1. The molecule has 0 radical (unpaired) electrons. The van der Waals surface area contributed by atoms with E-state index < -0.39 is 6.04 Å². The molecule has 0 aliphatic carbocycles. The van der Waals surface area contributed by atoms with Crippen molar-refractivity contribution in [3.05, 3.63) is 45.7 Å². The Kier molecular flexibility index (Phi) is 3.68. The molecule has 3 rings (SSSR count). The summed E-state index contributed by atoms with van der Waals surface area (Å²) in [4.78, 5) is 29.7. The number of aryl methyl sites for hydroxylation is 1. The normalized spacial score (nSPS) is 12.3. The summed E-state index contributed by atoms with van der Waals surface area (Å²) in [5.74, 6) is -0.360. The van der Waals surface area contributed by atoms with Gasteiger partial charge in [-0.05, 0) is 26.0 Å². The van der Waals surface area contributed by atoms with Crippen LogP contribution in [0.25, 0.3) is 10.9 Å². The van der Waals surface area contributed by atoms with Crippen molar-refractivity contribution in [3.8, 4) is 0 Å². The minimum Gasteiger partial charge on any atom is -0.300 e. The molecule has 0 unspecified atom stereocenters. The van der Waals surface area contributed by atoms with Crippen molar-refractivity contribution < 1.29 is 4.79 Å². The zero-order valence-corrected chi connectivity index (χ0v) is 12.8. The van der Waals surface area contributed by atoms with E-state index >= 15 is 0 Å². The lowest BCUT2D eigenvalue weighted by molar-refractivity contribution is -0.119. The first-order valence-corrected chi connectivity index (χ1v) is 7.45. The lowest BCUT2D eigenvalue weighted by Crippen LogP contribution is -2.34. The molecule has 22 heavy (non-hydrogen) atoms. The monoisotopic (exact) mass is 315 g/mol. The second kappa shape index (κ2) is 5.64. The Morgan fingerprint density at radius 1 is 1.36 bits per heavy atom. The van der Waals surface area contributed by atoms with Crippen molar-refractivity contribution in [2.75, 3.05) is 5.32 Å². The molecule has 0 bridgehead atoms. The van der Waals surface area contributed by atoms with Crippen LogP contribution in [0.2, 0.25) is 0 Å². The summed E-state index contributed by atoms with van der Waals surface area (Å²) in [5.41, 5.74) is 0.162. The number of fused-ring (bicyclic) bond motifs is 1. The van der Waals surface area contributed by atoms with Crippen LogP contribution >= 0.6 is 11.3 Å². The molecule has 1 N–H and O–H groups in total. The molecular formula is C14H13N5O2S. The summed E-state index contributed by atoms with van der Waals surface area (Å²) in [5, 5.41) is 11.4. The number of nitrogens with one attached hydrogen (secondary N) is 1. The maximum Gasteiger partial charge on any atom is 0.278 e. The van der Waals surface area contributed by atoms with Crippen LogP contribution in [0.1, 0.15) is 17.8 Å². The Morgan fingerprint density at radius 3 is 2.86 bits per heavy atom. The smallest absolute Gasteiger partial charge is 0.278 e. The molecule has 0 aliphatic heterocycles. The Labute approximate surface area is 129 Å². The van der Waals surface area contributed by atoms with Crippen molar-refractivity contribution in [2.45, 2.75) is 19.9 Å². The molecule has 0 aliphatic rings. The van der Waals surface area contributed by atoms with Crippen LogP contribution < -0.4 is 10.9 Å². The lowest BCUT2D eigenvalue weighted by atomic mass is 10.2. The number of benzene rings is 1. The molecule has 0 spiro atoms. The van der Waals surface area contributed by atoms with Gasteiger partial charge in [0.15, 0.2) is 5.13 Å². The van der Waals surface area contributed by atoms with Crippen LogP contribution in [-0.4, -0.2) is 25.9 Å². The van der Waals surface area contributed by atoms with Gasteiger partial charge in [0, 0.05) is 11.1 Å². The predicted octanol–water partition coefficient (Wildman–Crippen LogP) is 1.76. The van der Waals surface area contributed by atoms with E-state index in [0.29, 0.717) is 16.0 Å². The Morgan fingerprint density at radius 2 is 2.14 bits per heavy atom. The highest BCUT2D eigenvalue weighted by molar-refractivity contribution is 7.15. The number of carbonyl (C=O) groups excluding carboxylic acids is 1. The molecule has 7 nitrogen and oxygen atoms in total. The van der Waals surface area contributed by atoms with E-state index in [0.717, 1.165) is 9.56 Å². The predicted molar refractivity (Wildman–Crippen MR) is 84.0 cm³/mol. The molecule has 2 heterocycles. The maximum atomic E-state index is 12.4. The van der Waals surface area contributed by atoms with Gasteiger partial charge in [-0.25, -0.2) is 4.98 Å². The fourth-order valence-electron chi connectivity index (χ4n) is 1.99. The lowest BCUT2D eigenvalue weighted by Gasteiger charge is -2.12. The zero-order chi connectivity index (χ0) is 15.7. The Balaban J connectivity index is 1.91. The van der Waals surface area contributed by atoms with Gasteiger partial charge in [-0.3, -0.25) is 9.59 Å². The number of hydrogen-bond acceptors (Lipinski definition) is 6. The van der Waals surface area contributed by atoms with Crippen LogP contribution in [0, 0.1) is 6.92 Å². The summed E-state index contributed by atoms with van der Waals surface area (Å²) in [6.07, 6.45) is 1.67. The molecular weight excluding hydrogens is 302 g/mol. The van der Waals surface area contributed by atoms with E-state index in [1.165, 1.54) is 11.3 Å². The molecule has 1 aromatic carbocycles. The summed E-state index contributed by atoms with van der Waals surface area (Å²) < 4.78 is 1.08. The number of rotatable bonds is 3. The first-order valence-electron chi connectivity index (χ1n) is 6.64. The summed E-state index contributed by atoms with van der Waals surface area (Å²) >= 11 is 1.37. The van der Waals surface area contributed by atoms with E-state index in [1.54, 1.807) is 37.4 Å². The van der Waals surface area contributed by atoms with Gasteiger partial charge in [-0.15, -0.1) is 16.4 Å². The number of nitrogens with zero attached hydrogens (tertiary/aromatic N) is 4. The molecule has 8 heteroatoms. The third-order valence-corrected chi connectivity index (χ3v) is 4.02. The number of anilines is 1. The van der Waals surface area contributed by atoms with Crippen molar-refractivity contribution in [3.63, 3.8) is 0 Å². The van der Waals surface area contributed by atoms with Gasteiger partial charge in [0.05, 0.1) is 5.39 Å². The highest BCUT2D eigenvalue weighted by Crippen LogP contribution is 2.18. The first-order chi connectivity index (χ1) is 10.6. The summed E-state index contributed by atoms with van der Waals surface area (Å²) in [7, 11) is 0. The third kappa shape index (κ3) is 2.60. The molecule has 1 amide bonds. The van der Waals surface area contributed by atoms with E-state index in [9.17, 15) is 9.59 Å². The second-order valence-corrected chi connectivity index (χ2v) is 6.03. The highest BCUT2D eigenvalue weighted by atomic mass is 32.1. The highest BCUT2D eigenvalue weighted by Gasteiger charge is 2.20. The molecule has 0 fully saturated rings. The molecule has 0 saturated carbocycles. The average molecular weight is 315 g/mol. The van der Waals surface area contributed by atoms with Crippen molar-refractivity contribution in [1.29, 1.82) is 0 Å². The number of amides is 1. The van der Waals surface area contributed by atoms with Gasteiger partial charge in [-0.1, -0.05) is 17.3 Å². The molecule has 1 atom stereocenters. The van der Waals surface area contributed by atoms with Crippen LogP contribution in [0.3, 0.4) is 0 Å². The average Bonchev–Trinajstić information content (AvgIpc) is 2.92. The van der Waals surface area contributed by atoms with Crippen molar-refractivity contribution in [1.82, 2.24) is 20.0 Å². The largest absolute Gasteiger partial charge is 0.300 e. The minimum absolute atomic E-state index is 0.344. The van der Waals surface area contributed by atoms with Gasteiger partial charge >= 0.3 is 0 Å². The van der Waals surface area contributed by atoms with Crippen LogP contribution in [0.15, 0.2) is 35.3 Å². The fourth-order valence-corrected chi connectivity index (χ4v) is 2.66. The van der Waals surface area contributed by atoms with Gasteiger partial charge in [-0.2, -0.15) is 4.68 Å². The van der Waals surface area contributed by atoms with Gasteiger partial charge < -0.3 is 5.32 Å². The fraction of sp³-hybridized carbons (Fsp3) is 0.214. The van der Waals surface area contributed by atoms with Crippen molar-refractivity contribution in [2.24, 2.45) is 0 Å². The van der Waals surface area contributed by atoms with E-state index in [4.69, 9.17) is 0 Å². The maximum absolute atomic E-state index is 12.4. The zero-order valence-electron chi connectivity index (χ0n) is 12.0. The minimum atomic E-state index is -0.784. The SMILES string of the molecule is Cc1cnc(NC(=O)[C@@H](C)n2nnc3ccccc3c2=O)s1. The molecule has 2 aromatic heterocycles. The quantitative estimate of drug-likeness (QED) is 0.795. The first kappa shape index (κ1) is 14.3.